The first kappa shape index (κ1) is 13.1. The molecule has 3 amide bonds. The van der Waals surface area contributed by atoms with Crippen molar-refractivity contribution in [1.82, 2.24) is 20.4 Å². The van der Waals surface area contributed by atoms with Crippen LogP contribution in [0.5, 0.6) is 0 Å². The van der Waals surface area contributed by atoms with Crippen LogP contribution in [0.4, 0.5) is 4.79 Å². The fourth-order valence-corrected chi connectivity index (χ4v) is 2.63. The van der Waals surface area contributed by atoms with Crippen molar-refractivity contribution in [3.05, 3.63) is 0 Å². The fraction of sp³-hybridized carbons (Fsp3) is 0.833. The van der Waals surface area contributed by atoms with Crippen molar-refractivity contribution in [3.8, 4) is 0 Å². The van der Waals surface area contributed by atoms with E-state index in [1.54, 1.807) is 7.05 Å². The molecule has 0 saturated carbocycles. The van der Waals surface area contributed by atoms with Crippen LogP contribution >= 0.6 is 0 Å². The van der Waals surface area contributed by atoms with Gasteiger partial charge in [-0.3, -0.25) is 4.79 Å². The zero-order valence-electron chi connectivity index (χ0n) is 11.1. The molecular formula is C12H22N4O2. The molecule has 102 valence electrons. The van der Waals surface area contributed by atoms with Crippen molar-refractivity contribution in [3.63, 3.8) is 0 Å². The number of nitrogens with zero attached hydrogens (tertiary/aromatic N) is 2. The predicted molar refractivity (Wildman–Crippen MR) is 68.2 cm³/mol. The highest BCUT2D eigenvalue weighted by Gasteiger charge is 2.32. The maximum absolute atomic E-state index is 12.0. The second-order valence-corrected chi connectivity index (χ2v) is 4.99. The molecule has 18 heavy (non-hydrogen) atoms. The first-order valence-electron chi connectivity index (χ1n) is 6.64. The number of piperidine rings is 1. The highest BCUT2D eigenvalue weighted by Crippen LogP contribution is 2.18. The molecule has 2 heterocycles. The first-order chi connectivity index (χ1) is 8.63. The van der Waals surface area contributed by atoms with Gasteiger partial charge in [-0.05, 0) is 26.8 Å². The van der Waals surface area contributed by atoms with E-state index in [2.05, 4.69) is 10.6 Å². The number of urea groups is 1. The summed E-state index contributed by atoms with van der Waals surface area (Å²) in [5.74, 6) is 0.154. The summed E-state index contributed by atoms with van der Waals surface area (Å²) in [5.41, 5.74) is 0. The number of nitrogens with one attached hydrogen (secondary N) is 2. The number of carbonyl (C=O) groups is 2. The van der Waals surface area contributed by atoms with E-state index >= 15 is 0 Å². The number of hydrogen-bond donors (Lipinski definition) is 2. The molecule has 2 fully saturated rings. The summed E-state index contributed by atoms with van der Waals surface area (Å²) >= 11 is 0. The zero-order valence-corrected chi connectivity index (χ0v) is 11.1. The Labute approximate surface area is 108 Å². The van der Waals surface area contributed by atoms with Crippen LogP contribution in [0.15, 0.2) is 0 Å². The summed E-state index contributed by atoms with van der Waals surface area (Å²) in [7, 11) is 1.80. The van der Waals surface area contributed by atoms with E-state index in [4.69, 9.17) is 0 Å². The van der Waals surface area contributed by atoms with Gasteiger partial charge in [0.2, 0.25) is 5.91 Å². The molecule has 0 aliphatic carbocycles. The Morgan fingerprint density at radius 3 is 2.56 bits per heavy atom. The van der Waals surface area contributed by atoms with E-state index in [1.807, 2.05) is 16.7 Å². The molecule has 0 spiro atoms. The Bertz CT molecular complexity index is 326. The number of carbonyl (C=O) groups excluding carboxylic acids is 2. The Morgan fingerprint density at radius 1 is 1.39 bits per heavy atom. The molecule has 1 unspecified atom stereocenters. The summed E-state index contributed by atoms with van der Waals surface area (Å²) < 4.78 is 0. The minimum atomic E-state index is -0.128. The summed E-state index contributed by atoms with van der Waals surface area (Å²) in [6.07, 6.45) is 1.77. The lowest BCUT2D eigenvalue weighted by molar-refractivity contribution is -0.134. The molecule has 2 rings (SSSR count). The molecule has 2 aliphatic heterocycles. The normalized spacial score (nSPS) is 23.1. The van der Waals surface area contributed by atoms with Crippen LogP contribution in [-0.2, 0) is 4.79 Å². The second kappa shape index (κ2) is 5.56. The van der Waals surface area contributed by atoms with Crippen molar-refractivity contribution >= 4 is 11.9 Å². The average Bonchev–Trinajstić information content (AvgIpc) is 2.83. The van der Waals surface area contributed by atoms with Gasteiger partial charge in [0.1, 0.15) is 0 Å². The standard InChI is InChI=1S/C12H22N4O2/c1-9(13-2)11(17)15-6-3-10(4-7-15)16-8-5-14-12(16)18/h9-10,13H,3-8H2,1-2H3,(H,14,18). The molecule has 2 aliphatic rings. The van der Waals surface area contributed by atoms with Crippen LogP contribution in [0.2, 0.25) is 0 Å². The van der Waals surface area contributed by atoms with Crippen LogP contribution in [0, 0.1) is 0 Å². The summed E-state index contributed by atoms with van der Waals surface area (Å²) in [6, 6.07) is 0.210. The number of likely N-dealkylation sites (tertiary alicyclic amines) is 1. The zero-order chi connectivity index (χ0) is 13.1. The molecule has 0 aromatic heterocycles. The SMILES string of the molecule is CNC(C)C(=O)N1CCC(N2CCNC2=O)CC1. The van der Waals surface area contributed by atoms with E-state index in [0.717, 1.165) is 39.0 Å². The van der Waals surface area contributed by atoms with E-state index < -0.39 is 0 Å². The molecule has 1 atom stereocenters. The molecule has 0 aromatic carbocycles. The van der Waals surface area contributed by atoms with E-state index in [1.165, 1.54) is 0 Å². The van der Waals surface area contributed by atoms with Gasteiger partial charge in [0.25, 0.3) is 0 Å². The van der Waals surface area contributed by atoms with Crippen molar-refractivity contribution in [1.29, 1.82) is 0 Å². The molecular weight excluding hydrogens is 232 g/mol. The van der Waals surface area contributed by atoms with Crippen molar-refractivity contribution in [2.45, 2.75) is 31.8 Å². The highest BCUT2D eigenvalue weighted by molar-refractivity contribution is 5.81. The Morgan fingerprint density at radius 2 is 2.06 bits per heavy atom. The van der Waals surface area contributed by atoms with Crippen molar-refractivity contribution in [2.24, 2.45) is 0 Å². The van der Waals surface area contributed by atoms with Gasteiger partial charge in [-0.1, -0.05) is 0 Å². The third-order valence-corrected chi connectivity index (χ3v) is 3.91. The summed E-state index contributed by atoms with van der Waals surface area (Å²) in [6.45, 7) is 4.92. The maximum atomic E-state index is 12.0. The molecule has 2 N–H and O–H groups in total. The molecule has 0 bridgehead atoms. The molecule has 2 saturated heterocycles. The third-order valence-electron chi connectivity index (χ3n) is 3.91. The van der Waals surface area contributed by atoms with E-state index in [-0.39, 0.29) is 18.0 Å². The van der Waals surface area contributed by atoms with Gasteiger partial charge in [0, 0.05) is 32.2 Å². The molecule has 0 radical (unpaired) electrons. The monoisotopic (exact) mass is 254 g/mol. The topological polar surface area (TPSA) is 64.7 Å². The summed E-state index contributed by atoms with van der Waals surface area (Å²) in [4.78, 5) is 27.4. The predicted octanol–water partition coefficient (Wildman–Crippen LogP) is -0.389. The van der Waals surface area contributed by atoms with Crippen LogP contribution in [0.1, 0.15) is 19.8 Å². The minimum Gasteiger partial charge on any atom is -0.341 e. The fourth-order valence-electron chi connectivity index (χ4n) is 2.63. The number of likely N-dealkylation sites (N-methyl/N-ethyl adjacent to an activating group) is 1. The van der Waals surface area contributed by atoms with Crippen LogP contribution < -0.4 is 10.6 Å². The van der Waals surface area contributed by atoms with Gasteiger partial charge >= 0.3 is 6.03 Å². The molecule has 0 aromatic rings. The average molecular weight is 254 g/mol. The van der Waals surface area contributed by atoms with Crippen LogP contribution in [0.3, 0.4) is 0 Å². The van der Waals surface area contributed by atoms with Gasteiger partial charge < -0.3 is 20.4 Å². The van der Waals surface area contributed by atoms with Gasteiger partial charge in [0.15, 0.2) is 0 Å². The van der Waals surface area contributed by atoms with E-state index in [0.29, 0.717) is 6.04 Å². The van der Waals surface area contributed by atoms with Crippen molar-refractivity contribution < 1.29 is 9.59 Å². The maximum Gasteiger partial charge on any atom is 0.317 e. The first-order valence-corrected chi connectivity index (χ1v) is 6.64. The quantitative estimate of drug-likeness (QED) is 0.721. The lowest BCUT2D eigenvalue weighted by Crippen LogP contribution is -2.51. The number of amides is 3. The smallest absolute Gasteiger partial charge is 0.317 e. The van der Waals surface area contributed by atoms with Gasteiger partial charge in [-0.2, -0.15) is 0 Å². The lowest BCUT2D eigenvalue weighted by Gasteiger charge is -2.37. The van der Waals surface area contributed by atoms with E-state index in [9.17, 15) is 9.59 Å². The Hall–Kier alpha value is -1.30. The highest BCUT2D eigenvalue weighted by atomic mass is 16.2. The lowest BCUT2D eigenvalue weighted by atomic mass is 10.0. The molecule has 6 nitrogen and oxygen atoms in total. The number of hydrogen-bond acceptors (Lipinski definition) is 3. The minimum absolute atomic E-state index is 0.0448. The second-order valence-electron chi connectivity index (χ2n) is 4.99. The molecule has 6 heteroatoms. The van der Waals surface area contributed by atoms with Gasteiger partial charge in [-0.15, -0.1) is 0 Å². The number of rotatable bonds is 3. The third kappa shape index (κ3) is 2.58. The Kier molecular flexibility index (Phi) is 4.06. The van der Waals surface area contributed by atoms with Gasteiger partial charge in [0.05, 0.1) is 6.04 Å². The van der Waals surface area contributed by atoms with Gasteiger partial charge in [-0.25, -0.2) is 4.79 Å². The van der Waals surface area contributed by atoms with Crippen molar-refractivity contribution in [2.75, 3.05) is 33.2 Å². The van der Waals surface area contributed by atoms with Crippen LogP contribution in [0.25, 0.3) is 0 Å². The summed E-state index contributed by atoms with van der Waals surface area (Å²) in [5, 5.41) is 5.79. The Balaban J connectivity index is 1.84. The largest absolute Gasteiger partial charge is 0.341 e. The van der Waals surface area contributed by atoms with Crippen LogP contribution in [-0.4, -0.2) is 67.0 Å².